The summed E-state index contributed by atoms with van der Waals surface area (Å²) < 4.78 is 5.08. The minimum atomic E-state index is 0. The second-order valence-corrected chi connectivity index (χ2v) is 2.72. The predicted molar refractivity (Wildman–Crippen MR) is 40.7 cm³/mol. The van der Waals surface area contributed by atoms with Gasteiger partial charge in [0.1, 0.15) is 10.5 Å². The molecular formula is C4H15AlOSi. The molecule has 3 heteroatoms. The molecule has 0 radical (unpaired) electrons. The zero-order valence-corrected chi connectivity index (χ0v) is 6.91. The summed E-state index contributed by atoms with van der Waals surface area (Å²) >= 11 is 0. The minimum absolute atomic E-state index is 0. The van der Waals surface area contributed by atoms with Crippen molar-refractivity contribution in [2.45, 2.75) is 26.4 Å². The second kappa shape index (κ2) is 3.68. The van der Waals surface area contributed by atoms with Crippen molar-refractivity contribution < 1.29 is 4.43 Å². The van der Waals surface area contributed by atoms with Crippen molar-refractivity contribution in [1.82, 2.24) is 0 Å². The van der Waals surface area contributed by atoms with Crippen LogP contribution in [0, 0.1) is 0 Å². The third-order valence-corrected chi connectivity index (χ3v) is 1.84. The van der Waals surface area contributed by atoms with Crippen molar-refractivity contribution >= 4 is 27.8 Å². The molecule has 0 N–H and O–H groups in total. The van der Waals surface area contributed by atoms with Gasteiger partial charge in [-0.3, -0.25) is 0 Å². The summed E-state index contributed by atoms with van der Waals surface area (Å²) in [6, 6.07) is 0. The molecular weight excluding hydrogens is 119 g/mol. The molecule has 0 saturated heterocycles. The summed E-state index contributed by atoms with van der Waals surface area (Å²) in [6.07, 6.45) is 0. The molecule has 0 heterocycles. The molecule has 0 aliphatic heterocycles. The van der Waals surface area contributed by atoms with E-state index in [4.69, 9.17) is 4.43 Å². The van der Waals surface area contributed by atoms with Crippen LogP contribution in [0.5, 0.6) is 0 Å². The van der Waals surface area contributed by atoms with Crippen LogP contribution in [0.1, 0.15) is 20.8 Å². The smallest absolute Gasteiger partial charge is 0.187 e. The molecule has 0 atom stereocenters. The summed E-state index contributed by atoms with van der Waals surface area (Å²) in [5.41, 5.74) is 0.103. The quantitative estimate of drug-likeness (QED) is 0.382. The Labute approximate surface area is 59.1 Å². The molecule has 0 amide bonds. The van der Waals surface area contributed by atoms with Gasteiger partial charge in [-0.25, -0.2) is 0 Å². The Kier molecular flexibility index (Phi) is 5.60. The van der Waals surface area contributed by atoms with Gasteiger partial charge >= 0.3 is 0 Å². The zero-order chi connectivity index (χ0) is 5.21. The largest absolute Gasteiger partial charge is 0.423 e. The average Bonchev–Trinajstić information content (AvgIpc) is 1.35. The van der Waals surface area contributed by atoms with Crippen LogP contribution in [0.2, 0.25) is 0 Å². The summed E-state index contributed by atoms with van der Waals surface area (Å²) in [6.45, 7) is 6.17. The second-order valence-electron chi connectivity index (χ2n) is 2.32. The van der Waals surface area contributed by atoms with E-state index in [2.05, 4.69) is 20.8 Å². The van der Waals surface area contributed by atoms with E-state index in [1.54, 1.807) is 0 Å². The highest BCUT2D eigenvalue weighted by atomic mass is 28.2. The van der Waals surface area contributed by atoms with E-state index in [1.807, 2.05) is 0 Å². The number of hydrogen-bond acceptors (Lipinski definition) is 1. The molecule has 0 bridgehead atoms. The first-order valence-corrected chi connectivity index (χ1v) is 2.93. The summed E-state index contributed by atoms with van der Waals surface area (Å²) in [4.78, 5) is 0. The van der Waals surface area contributed by atoms with Crippen LogP contribution in [0.25, 0.3) is 0 Å². The topological polar surface area (TPSA) is 9.23 Å². The maximum atomic E-state index is 5.08. The first-order valence-electron chi connectivity index (χ1n) is 2.11. The van der Waals surface area contributed by atoms with Crippen LogP contribution in [0.15, 0.2) is 0 Å². The van der Waals surface area contributed by atoms with Crippen LogP contribution in [-0.4, -0.2) is 33.4 Å². The highest BCUT2D eigenvalue weighted by Crippen LogP contribution is 2.01. The van der Waals surface area contributed by atoms with Crippen LogP contribution in [-0.2, 0) is 4.43 Å². The summed E-state index contributed by atoms with van der Waals surface area (Å²) in [5.74, 6) is 0. The average molecular weight is 134 g/mol. The summed E-state index contributed by atoms with van der Waals surface area (Å²) in [7, 11) is 0.848. The molecule has 7 heavy (non-hydrogen) atoms. The van der Waals surface area contributed by atoms with Gasteiger partial charge in [0, 0.05) is 5.60 Å². The fraction of sp³-hybridized carbons (Fsp3) is 1.00. The molecule has 0 rings (SSSR count). The molecule has 0 unspecified atom stereocenters. The molecule has 0 aromatic rings. The SMILES string of the molecule is CC(C)(C)O[SiH3].[AlH3]. The summed E-state index contributed by atoms with van der Waals surface area (Å²) in [5, 5.41) is 0. The molecule has 0 saturated carbocycles. The van der Waals surface area contributed by atoms with Crippen molar-refractivity contribution in [1.29, 1.82) is 0 Å². The fourth-order valence-corrected chi connectivity index (χ4v) is 0. The van der Waals surface area contributed by atoms with Gasteiger partial charge < -0.3 is 4.43 Å². The highest BCUT2D eigenvalue weighted by Gasteiger charge is 2.03. The van der Waals surface area contributed by atoms with Crippen molar-refractivity contribution in [3.63, 3.8) is 0 Å². The first-order chi connectivity index (χ1) is 2.56. The van der Waals surface area contributed by atoms with E-state index in [-0.39, 0.29) is 23.0 Å². The Bertz CT molecular complexity index is 41.4. The van der Waals surface area contributed by atoms with Gasteiger partial charge in [-0.05, 0) is 20.8 Å². The van der Waals surface area contributed by atoms with E-state index in [0.717, 1.165) is 10.5 Å². The lowest BCUT2D eigenvalue weighted by molar-refractivity contribution is 0.147. The number of hydrogen-bond donors (Lipinski definition) is 0. The molecule has 44 valence electrons. The Morgan fingerprint density at radius 3 is 1.43 bits per heavy atom. The van der Waals surface area contributed by atoms with Gasteiger partial charge in [-0.15, -0.1) is 0 Å². The Hall–Kier alpha value is 0.709. The molecule has 1 nitrogen and oxygen atoms in total. The van der Waals surface area contributed by atoms with Gasteiger partial charge in [-0.1, -0.05) is 0 Å². The lowest BCUT2D eigenvalue weighted by Gasteiger charge is -2.15. The third kappa shape index (κ3) is 10.8. The Morgan fingerprint density at radius 1 is 1.29 bits per heavy atom. The van der Waals surface area contributed by atoms with E-state index < -0.39 is 0 Å². The van der Waals surface area contributed by atoms with Crippen molar-refractivity contribution in [3.8, 4) is 0 Å². The standard InChI is InChI=1S/C4H12OSi.Al.3H/c1-4(2,3)5-6;;;;/h1-3,6H3;;;;. The molecule has 0 aromatic carbocycles. The zero-order valence-electron chi connectivity index (χ0n) is 4.91. The van der Waals surface area contributed by atoms with Gasteiger partial charge in [0.05, 0.1) is 0 Å². The fourth-order valence-electron chi connectivity index (χ4n) is 0. The van der Waals surface area contributed by atoms with Gasteiger partial charge in [0.2, 0.25) is 0 Å². The Morgan fingerprint density at radius 2 is 1.43 bits per heavy atom. The van der Waals surface area contributed by atoms with Crippen LogP contribution < -0.4 is 0 Å². The normalized spacial score (nSPS) is 10.7. The Balaban J connectivity index is 0. The molecule has 0 aromatic heterocycles. The molecule has 0 spiro atoms. The van der Waals surface area contributed by atoms with Gasteiger partial charge in [0.25, 0.3) is 0 Å². The molecule has 0 aliphatic carbocycles. The monoisotopic (exact) mass is 134 g/mol. The highest BCUT2D eigenvalue weighted by molar-refractivity contribution is 5.98. The van der Waals surface area contributed by atoms with Crippen LogP contribution in [0.4, 0.5) is 0 Å². The maximum Gasteiger partial charge on any atom is 0.187 e. The number of rotatable bonds is 0. The van der Waals surface area contributed by atoms with E-state index >= 15 is 0 Å². The van der Waals surface area contributed by atoms with E-state index in [0.29, 0.717) is 0 Å². The molecule has 0 aliphatic rings. The van der Waals surface area contributed by atoms with Crippen LogP contribution in [0.3, 0.4) is 0 Å². The molecule has 0 fully saturated rings. The lowest BCUT2D eigenvalue weighted by Crippen LogP contribution is -2.16. The van der Waals surface area contributed by atoms with Crippen molar-refractivity contribution in [2.75, 3.05) is 0 Å². The maximum absolute atomic E-state index is 5.08. The predicted octanol–water partition coefficient (Wildman–Crippen LogP) is -1.10. The minimum Gasteiger partial charge on any atom is -0.423 e. The first kappa shape index (κ1) is 10.6. The van der Waals surface area contributed by atoms with Crippen molar-refractivity contribution in [2.24, 2.45) is 0 Å². The van der Waals surface area contributed by atoms with E-state index in [1.165, 1.54) is 0 Å². The van der Waals surface area contributed by atoms with Crippen molar-refractivity contribution in [3.05, 3.63) is 0 Å². The van der Waals surface area contributed by atoms with E-state index in [9.17, 15) is 0 Å². The third-order valence-electron chi connectivity index (χ3n) is 0.612. The van der Waals surface area contributed by atoms with Gasteiger partial charge in [0.15, 0.2) is 17.4 Å². The van der Waals surface area contributed by atoms with Gasteiger partial charge in [-0.2, -0.15) is 0 Å². The van der Waals surface area contributed by atoms with Crippen LogP contribution >= 0.6 is 0 Å². The lowest BCUT2D eigenvalue weighted by atomic mass is 10.2.